The van der Waals surface area contributed by atoms with Gasteiger partial charge in [0.15, 0.2) is 11.6 Å². The van der Waals surface area contributed by atoms with Crippen LogP contribution in [0, 0.1) is 6.92 Å². The summed E-state index contributed by atoms with van der Waals surface area (Å²) in [6.45, 7) is 3.25. The first-order valence-electron chi connectivity index (χ1n) is 10.2. The lowest BCUT2D eigenvalue weighted by atomic mass is 10.2. The molecule has 0 unspecified atom stereocenters. The number of hydrogen-bond donors (Lipinski definition) is 1. The Morgan fingerprint density at radius 1 is 1.03 bits per heavy atom. The molecule has 1 fully saturated rings. The monoisotopic (exact) mass is 439 g/mol. The molecule has 0 atom stereocenters. The number of carbonyl (C=O) groups is 1. The van der Waals surface area contributed by atoms with Crippen molar-refractivity contribution in [2.75, 3.05) is 36.9 Å². The third kappa shape index (κ3) is 4.52. The topological polar surface area (TPSA) is 95.5 Å². The minimum absolute atomic E-state index is 0.150. The Morgan fingerprint density at radius 3 is 2.29 bits per heavy atom. The number of anilines is 2. The van der Waals surface area contributed by atoms with Crippen LogP contribution in [0.15, 0.2) is 53.4 Å². The second kappa shape index (κ2) is 8.60. The fraction of sp³-hybridized carbons (Fsp3) is 0.318. The molecule has 1 aromatic heterocycles. The minimum Gasteiger partial charge on any atom is -0.354 e. The molecule has 162 valence electrons. The van der Waals surface area contributed by atoms with Crippen LogP contribution in [0.1, 0.15) is 18.4 Å². The fourth-order valence-corrected chi connectivity index (χ4v) is 4.70. The maximum atomic E-state index is 12.8. The first-order chi connectivity index (χ1) is 14.8. The smallest absolute Gasteiger partial charge is 0.243 e. The van der Waals surface area contributed by atoms with Crippen molar-refractivity contribution in [2.24, 2.45) is 0 Å². The van der Waals surface area contributed by atoms with Crippen molar-refractivity contribution in [1.82, 2.24) is 14.3 Å². The van der Waals surface area contributed by atoms with Crippen molar-refractivity contribution in [3.8, 4) is 0 Å². The molecule has 0 aliphatic carbocycles. The van der Waals surface area contributed by atoms with Gasteiger partial charge in [0, 0.05) is 20.1 Å². The number of amides is 1. The van der Waals surface area contributed by atoms with Crippen molar-refractivity contribution in [1.29, 1.82) is 0 Å². The highest BCUT2D eigenvalue weighted by Gasteiger charge is 2.25. The summed E-state index contributed by atoms with van der Waals surface area (Å²) in [7, 11) is -2.39. The molecule has 1 saturated heterocycles. The molecule has 1 amide bonds. The largest absolute Gasteiger partial charge is 0.354 e. The number of nitrogens with one attached hydrogen (secondary N) is 1. The number of nitrogens with zero attached hydrogens (tertiary/aromatic N) is 4. The van der Waals surface area contributed by atoms with Gasteiger partial charge in [0.1, 0.15) is 0 Å². The summed E-state index contributed by atoms with van der Waals surface area (Å²) in [5.74, 6) is 0.503. The highest BCUT2D eigenvalue weighted by atomic mass is 32.2. The van der Waals surface area contributed by atoms with Gasteiger partial charge >= 0.3 is 0 Å². The zero-order valence-electron chi connectivity index (χ0n) is 17.6. The van der Waals surface area contributed by atoms with E-state index < -0.39 is 15.9 Å². The second-order valence-corrected chi connectivity index (χ2v) is 9.75. The van der Waals surface area contributed by atoms with Gasteiger partial charge in [-0.2, -0.15) is 4.31 Å². The second-order valence-electron chi connectivity index (χ2n) is 7.70. The van der Waals surface area contributed by atoms with Crippen LogP contribution in [0.5, 0.6) is 0 Å². The normalized spacial score (nSPS) is 14.4. The Labute approximate surface area is 182 Å². The molecule has 0 bridgehead atoms. The number of hydrogen-bond acceptors (Lipinski definition) is 6. The van der Waals surface area contributed by atoms with Crippen molar-refractivity contribution in [3.05, 3.63) is 54.1 Å². The zero-order chi connectivity index (χ0) is 22.0. The molecule has 1 aliphatic rings. The standard InChI is InChI=1S/C22H25N5O3S/c1-16-9-11-17(12-10-16)31(29,30)26(2)15-20(28)25-21-22(27-13-5-6-14-27)24-19-8-4-3-7-18(19)23-21/h3-4,7-12H,5-6,13-15H2,1-2H3,(H,23,25,28). The van der Waals surface area contributed by atoms with Crippen LogP contribution in [0.2, 0.25) is 0 Å². The van der Waals surface area contributed by atoms with Crippen molar-refractivity contribution < 1.29 is 13.2 Å². The predicted octanol–water partition coefficient (Wildman–Crippen LogP) is 2.80. The average Bonchev–Trinajstić information content (AvgIpc) is 3.28. The molecule has 8 nitrogen and oxygen atoms in total. The van der Waals surface area contributed by atoms with E-state index in [9.17, 15) is 13.2 Å². The number of aryl methyl sites for hydroxylation is 1. The van der Waals surface area contributed by atoms with Crippen LogP contribution in [0.3, 0.4) is 0 Å². The highest BCUT2D eigenvalue weighted by molar-refractivity contribution is 7.89. The summed E-state index contributed by atoms with van der Waals surface area (Å²) >= 11 is 0. The van der Waals surface area contributed by atoms with Gasteiger partial charge in [0.2, 0.25) is 15.9 Å². The van der Waals surface area contributed by atoms with E-state index in [4.69, 9.17) is 4.98 Å². The van der Waals surface area contributed by atoms with Gasteiger partial charge in [-0.3, -0.25) is 4.79 Å². The van der Waals surface area contributed by atoms with Crippen LogP contribution in [0.25, 0.3) is 11.0 Å². The Morgan fingerprint density at radius 2 is 1.65 bits per heavy atom. The molecule has 3 aromatic rings. The number of fused-ring (bicyclic) bond motifs is 1. The van der Waals surface area contributed by atoms with Gasteiger partial charge in [-0.1, -0.05) is 29.8 Å². The lowest BCUT2D eigenvalue weighted by Gasteiger charge is -2.21. The molecule has 9 heteroatoms. The van der Waals surface area contributed by atoms with E-state index in [0.717, 1.165) is 41.3 Å². The SMILES string of the molecule is Cc1ccc(S(=O)(=O)N(C)CC(=O)Nc2nc3ccccc3nc2N2CCCC2)cc1. The summed E-state index contributed by atoms with van der Waals surface area (Å²) in [5, 5.41) is 2.78. The maximum absolute atomic E-state index is 12.8. The molecule has 0 spiro atoms. The van der Waals surface area contributed by atoms with E-state index in [0.29, 0.717) is 17.2 Å². The Hall–Kier alpha value is -3.04. The summed E-state index contributed by atoms with van der Waals surface area (Å²) in [4.78, 5) is 24.3. The Bertz CT molecular complexity index is 1210. The number of carbonyl (C=O) groups excluding carboxylic acids is 1. The van der Waals surface area contributed by atoms with Crippen LogP contribution in [-0.2, 0) is 14.8 Å². The molecule has 0 radical (unpaired) electrons. The molecule has 2 aromatic carbocycles. The highest BCUT2D eigenvalue weighted by Crippen LogP contribution is 2.28. The van der Waals surface area contributed by atoms with Gasteiger partial charge in [0.05, 0.1) is 22.5 Å². The van der Waals surface area contributed by atoms with E-state index >= 15 is 0 Å². The molecular weight excluding hydrogens is 414 g/mol. The van der Waals surface area contributed by atoms with Crippen LogP contribution in [-0.4, -0.2) is 55.3 Å². The van der Waals surface area contributed by atoms with Gasteiger partial charge in [-0.25, -0.2) is 18.4 Å². The molecule has 0 saturated carbocycles. The lowest BCUT2D eigenvalue weighted by Crippen LogP contribution is -2.35. The van der Waals surface area contributed by atoms with E-state index in [1.807, 2.05) is 31.2 Å². The number of para-hydroxylation sites is 2. The van der Waals surface area contributed by atoms with Gasteiger partial charge in [0.25, 0.3) is 0 Å². The Balaban J connectivity index is 1.56. The summed E-state index contributed by atoms with van der Waals surface area (Å²) in [6, 6.07) is 14.0. The molecule has 31 heavy (non-hydrogen) atoms. The number of benzene rings is 2. The quantitative estimate of drug-likeness (QED) is 0.635. The summed E-state index contributed by atoms with van der Waals surface area (Å²) in [5.41, 5.74) is 2.38. The summed E-state index contributed by atoms with van der Waals surface area (Å²) < 4.78 is 26.6. The Kier molecular flexibility index (Phi) is 5.88. The first-order valence-corrected chi connectivity index (χ1v) is 11.6. The van der Waals surface area contributed by atoms with E-state index in [-0.39, 0.29) is 11.4 Å². The third-order valence-corrected chi connectivity index (χ3v) is 7.13. The van der Waals surface area contributed by atoms with Gasteiger partial charge < -0.3 is 10.2 Å². The number of rotatable bonds is 6. The number of likely N-dealkylation sites (N-methyl/N-ethyl adjacent to an activating group) is 1. The molecule has 4 rings (SSSR count). The number of aromatic nitrogens is 2. The van der Waals surface area contributed by atoms with Crippen molar-refractivity contribution >= 4 is 38.6 Å². The molecule has 2 heterocycles. The zero-order valence-corrected chi connectivity index (χ0v) is 18.4. The van der Waals surface area contributed by atoms with Crippen molar-refractivity contribution in [2.45, 2.75) is 24.7 Å². The maximum Gasteiger partial charge on any atom is 0.243 e. The van der Waals surface area contributed by atoms with Crippen molar-refractivity contribution in [3.63, 3.8) is 0 Å². The van der Waals surface area contributed by atoms with Gasteiger partial charge in [-0.05, 0) is 44.0 Å². The predicted molar refractivity (Wildman–Crippen MR) is 121 cm³/mol. The minimum atomic E-state index is -3.78. The molecule has 1 N–H and O–H groups in total. The van der Waals surface area contributed by atoms with Gasteiger partial charge in [-0.15, -0.1) is 0 Å². The van der Waals surface area contributed by atoms with Crippen LogP contribution in [0.4, 0.5) is 11.6 Å². The van der Waals surface area contributed by atoms with Crippen LogP contribution < -0.4 is 10.2 Å². The summed E-state index contributed by atoms with van der Waals surface area (Å²) in [6.07, 6.45) is 2.11. The third-order valence-electron chi connectivity index (χ3n) is 5.31. The number of sulfonamides is 1. The molecular formula is C22H25N5O3S. The first kappa shape index (κ1) is 21.2. The molecule has 1 aliphatic heterocycles. The van der Waals surface area contributed by atoms with E-state index in [2.05, 4.69) is 15.2 Å². The average molecular weight is 440 g/mol. The van der Waals surface area contributed by atoms with E-state index in [1.165, 1.54) is 7.05 Å². The van der Waals surface area contributed by atoms with Crippen LogP contribution >= 0.6 is 0 Å². The lowest BCUT2D eigenvalue weighted by molar-refractivity contribution is -0.116. The fourth-order valence-electron chi connectivity index (χ4n) is 3.57. The van der Waals surface area contributed by atoms with E-state index in [1.54, 1.807) is 24.3 Å².